The highest BCUT2D eigenvalue weighted by molar-refractivity contribution is 5.92. The smallest absolute Gasteiger partial charge is 0.270 e. The van der Waals surface area contributed by atoms with Crippen molar-refractivity contribution in [3.8, 4) is 0 Å². The van der Waals surface area contributed by atoms with Crippen molar-refractivity contribution < 1.29 is 4.79 Å². The van der Waals surface area contributed by atoms with Crippen molar-refractivity contribution >= 4 is 5.91 Å². The Bertz CT molecular complexity index is 965. The Kier molecular flexibility index (Phi) is 7.62. The van der Waals surface area contributed by atoms with Gasteiger partial charge in [-0.1, -0.05) is 49.4 Å². The number of likely N-dealkylation sites (tertiary alicyclic amines) is 1. The molecule has 4 rings (SSSR count). The van der Waals surface area contributed by atoms with Gasteiger partial charge in [0.25, 0.3) is 5.91 Å². The molecule has 1 aliphatic heterocycles. The lowest BCUT2D eigenvalue weighted by molar-refractivity contribution is 0.0873. The van der Waals surface area contributed by atoms with Gasteiger partial charge in [-0.15, -0.1) is 0 Å². The van der Waals surface area contributed by atoms with Gasteiger partial charge in [-0.25, -0.2) is 0 Å². The molecule has 1 saturated heterocycles. The zero-order chi connectivity index (χ0) is 22.2. The van der Waals surface area contributed by atoms with E-state index < -0.39 is 0 Å². The second-order valence-corrected chi connectivity index (χ2v) is 8.72. The molecule has 1 aliphatic rings. The number of pyridine rings is 2. The van der Waals surface area contributed by atoms with Crippen LogP contribution in [0.15, 0.2) is 79.1 Å². The minimum absolute atomic E-state index is 0.125. The van der Waals surface area contributed by atoms with Crippen LogP contribution >= 0.6 is 0 Å². The van der Waals surface area contributed by atoms with Crippen LogP contribution in [0.1, 0.15) is 59.9 Å². The number of nitrogens with one attached hydrogen (secondary N) is 1. The second-order valence-electron chi connectivity index (χ2n) is 8.72. The number of rotatable bonds is 8. The molecule has 3 aromatic rings. The Labute approximate surface area is 190 Å². The maximum absolute atomic E-state index is 12.9. The normalized spacial score (nSPS) is 18.6. The largest absolute Gasteiger partial charge is 0.342 e. The Hall–Kier alpha value is -3.05. The first-order valence-electron chi connectivity index (χ1n) is 11.6. The Morgan fingerprint density at radius 2 is 1.78 bits per heavy atom. The summed E-state index contributed by atoms with van der Waals surface area (Å²) in [5.41, 5.74) is 2.76. The highest BCUT2D eigenvalue weighted by Crippen LogP contribution is 2.30. The van der Waals surface area contributed by atoms with E-state index in [9.17, 15) is 4.79 Å². The van der Waals surface area contributed by atoms with Gasteiger partial charge in [-0.05, 0) is 74.0 Å². The first-order valence-corrected chi connectivity index (χ1v) is 11.6. The fourth-order valence-corrected chi connectivity index (χ4v) is 4.60. The lowest BCUT2D eigenvalue weighted by atomic mass is 9.87. The summed E-state index contributed by atoms with van der Waals surface area (Å²) in [5, 5.41) is 3.24. The quantitative estimate of drug-likeness (QED) is 0.557. The predicted molar refractivity (Wildman–Crippen MR) is 127 cm³/mol. The maximum Gasteiger partial charge on any atom is 0.270 e. The van der Waals surface area contributed by atoms with Crippen LogP contribution in [0.3, 0.4) is 0 Å². The van der Waals surface area contributed by atoms with Crippen LogP contribution in [0.5, 0.6) is 0 Å². The van der Waals surface area contributed by atoms with Crippen LogP contribution in [0.2, 0.25) is 0 Å². The van der Waals surface area contributed by atoms with E-state index in [4.69, 9.17) is 0 Å². The van der Waals surface area contributed by atoms with Crippen molar-refractivity contribution in [2.45, 2.75) is 38.1 Å². The van der Waals surface area contributed by atoms with Crippen LogP contribution in [-0.2, 0) is 0 Å². The molecule has 3 heterocycles. The van der Waals surface area contributed by atoms with E-state index in [1.54, 1.807) is 18.5 Å². The summed E-state index contributed by atoms with van der Waals surface area (Å²) >= 11 is 0. The first kappa shape index (κ1) is 22.2. The highest BCUT2D eigenvalue weighted by atomic mass is 16.1. The first-order chi connectivity index (χ1) is 15.7. The average Bonchev–Trinajstić information content (AvgIpc) is 2.87. The van der Waals surface area contributed by atoms with Crippen molar-refractivity contribution in [3.63, 3.8) is 0 Å². The summed E-state index contributed by atoms with van der Waals surface area (Å²) < 4.78 is 0. The number of aromatic nitrogens is 2. The number of carbonyl (C=O) groups is 1. The molecule has 32 heavy (non-hydrogen) atoms. The van der Waals surface area contributed by atoms with Gasteiger partial charge in [0.1, 0.15) is 5.69 Å². The van der Waals surface area contributed by atoms with E-state index in [1.807, 2.05) is 30.3 Å². The van der Waals surface area contributed by atoms with E-state index in [0.29, 0.717) is 17.5 Å². The van der Waals surface area contributed by atoms with Gasteiger partial charge < -0.3 is 10.2 Å². The Morgan fingerprint density at radius 1 is 1.03 bits per heavy atom. The summed E-state index contributed by atoms with van der Waals surface area (Å²) in [7, 11) is 0. The van der Waals surface area contributed by atoms with E-state index in [0.717, 1.165) is 44.6 Å². The molecule has 5 heteroatoms. The summed E-state index contributed by atoms with van der Waals surface area (Å²) in [6.45, 7) is 5.45. The number of piperidine rings is 1. The third kappa shape index (κ3) is 5.80. The third-order valence-electron chi connectivity index (χ3n) is 6.45. The topological polar surface area (TPSA) is 58.1 Å². The molecule has 1 amide bonds. The maximum atomic E-state index is 12.9. The van der Waals surface area contributed by atoms with Crippen LogP contribution in [0.4, 0.5) is 0 Å². The van der Waals surface area contributed by atoms with Gasteiger partial charge in [0.2, 0.25) is 0 Å². The molecule has 0 aliphatic carbocycles. The third-order valence-corrected chi connectivity index (χ3v) is 6.45. The van der Waals surface area contributed by atoms with Crippen LogP contribution in [-0.4, -0.2) is 40.4 Å². The number of hydrogen-bond acceptors (Lipinski definition) is 4. The molecule has 1 aromatic carbocycles. The summed E-state index contributed by atoms with van der Waals surface area (Å²) in [4.78, 5) is 24.3. The standard InChI is InChI=1S/C27H32N4O/c1-21(22-10-3-2-4-11-22)15-19-31-18-9-12-23(20-31)26(24-13-5-7-16-28-24)30-27(32)25-14-6-8-17-29-25/h2-8,10-11,13-14,16-17,21,23,26H,9,12,15,18-20H2,1H3,(H,30,32)/t21-,23+,26-/m1/s1. The van der Waals surface area contributed by atoms with E-state index in [2.05, 4.69) is 57.4 Å². The molecule has 0 radical (unpaired) electrons. The van der Waals surface area contributed by atoms with E-state index in [-0.39, 0.29) is 11.9 Å². The van der Waals surface area contributed by atoms with Gasteiger partial charge in [-0.2, -0.15) is 0 Å². The number of nitrogens with zero attached hydrogens (tertiary/aromatic N) is 3. The highest BCUT2D eigenvalue weighted by Gasteiger charge is 2.31. The molecule has 0 bridgehead atoms. The minimum atomic E-state index is -0.143. The van der Waals surface area contributed by atoms with Gasteiger partial charge in [0.05, 0.1) is 11.7 Å². The lowest BCUT2D eigenvalue weighted by Crippen LogP contribution is -2.43. The molecule has 166 valence electrons. The molecule has 3 atom stereocenters. The monoisotopic (exact) mass is 428 g/mol. The van der Waals surface area contributed by atoms with E-state index >= 15 is 0 Å². The van der Waals surface area contributed by atoms with Gasteiger partial charge in [0.15, 0.2) is 0 Å². The van der Waals surface area contributed by atoms with Crippen LogP contribution < -0.4 is 5.32 Å². The van der Waals surface area contributed by atoms with Crippen LogP contribution in [0.25, 0.3) is 0 Å². The number of carbonyl (C=O) groups excluding carboxylic acids is 1. The molecule has 5 nitrogen and oxygen atoms in total. The minimum Gasteiger partial charge on any atom is -0.342 e. The molecular weight excluding hydrogens is 396 g/mol. The fourth-order valence-electron chi connectivity index (χ4n) is 4.60. The number of benzene rings is 1. The summed E-state index contributed by atoms with van der Waals surface area (Å²) in [5.74, 6) is 0.710. The fraction of sp³-hybridized carbons (Fsp3) is 0.370. The van der Waals surface area contributed by atoms with Gasteiger partial charge in [0, 0.05) is 18.9 Å². The van der Waals surface area contributed by atoms with Crippen molar-refractivity contribution in [1.29, 1.82) is 0 Å². The van der Waals surface area contributed by atoms with E-state index in [1.165, 1.54) is 5.56 Å². The summed E-state index contributed by atoms with van der Waals surface area (Å²) in [6, 6.07) is 21.9. The second kappa shape index (κ2) is 11.0. The SMILES string of the molecule is C[C@H](CCN1CCC[C@H]([C@@H](NC(=O)c2ccccn2)c2ccccn2)C1)c1ccccc1. The van der Waals surface area contributed by atoms with Gasteiger partial charge >= 0.3 is 0 Å². The van der Waals surface area contributed by atoms with Crippen molar-refractivity contribution in [1.82, 2.24) is 20.2 Å². The molecule has 1 N–H and O–H groups in total. The van der Waals surface area contributed by atoms with Crippen molar-refractivity contribution in [2.75, 3.05) is 19.6 Å². The molecule has 0 saturated carbocycles. The Balaban J connectivity index is 1.43. The number of amides is 1. The van der Waals surface area contributed by atoms with Crippen molar-refractivity contribution in [2.24, 2.45) is 5.92 Å². The average molecular weight is 429 g/mol. The Morgan fingerprint density at radius 3 is 2.50 bits per heavy atom. The molecule has 2 aromatic heterocycles. The predicted octanol–water partition coefficient (Wildman–Crippen LogP) is 4.85. The number of hydrogen-bond donors (Lipinski definition) is 1. The summed E-state index contributed by atoms with van der Waals surface area (Å²) in [6.07, 6.45) is 6.80. The van der Waals surface area contributed by atoms with Crippen LogP contribution in [0, 0.1) is 5.92 Å². The van der Waals surface area contributed by atoms with Gasteiger partial charge in [-0.3, -0.25) is 14.8 Å². The zero-order valence-corrected chi connectivity index (χ0v) is 18.7. The molecule has 1 fully saturated rings. The zero-order valence-electron chi connectivity index (χ0n) is 18.7. The molecule has 0 unspecified atom stereocenters. The van der Waals surface area contributed by atoms with Crippen molar-refractivity contribution in [3.05, 3.63) is 96.1 Å². The molecule has 0 spiro atoms. The molecular formula is C27H32N4O. The lowest BCUT2D eigenvalue weighted by Gasteiger charge is -2.37.